The van der Waals surface area contributed by atoms with Gasteiger partial charge in [0.25, 0.3) is 0 Å². The average Bonchev–Trinajstić information content (AvgIpc) is 2.85. The molecule has 0 fully saturated rings. The lowest BCUT2D eigenvalue weighted by Gasteiger charge is -2.18. The van der Waals surface area contributed by atoms with Crippen molar-refractivity contribution in [3.63, 3.8) is 0 Å². The Morgan fingerprint density at radius 3 is 2.53 bits per heavy atom. The Labute approximate surface area is 108 Å². The Balaban J connectivity index is 2.10. The third-order valence-corrected chi connectivity index (χ3v) is 4.23. The molecule has 1 aliphatic rings. The molecule has 19 heavy (non-hydrogen) atoms. The second-order valence-corrected chi connectivity index (χ2v) is 5.63. The monoisotopic (exact) mass is 283 g/mol. The fourth-order valence-electron chi connectivity index (χ4n) is 1.68. The summed E-state index contributed by atoms with van der Waals surface area (Å²) >= 11 is 0. The van der Waals surface area contributed by atoms with E-state index in [0.29, 0.717) is 24.7 Å². The minimum atomic E-state index is -3.89. The largest absolute Gasteiger partial charge is 0.486 e. The van der Waals surface area contributed by atoms with Crippen LogP contribution in [-0.4, -0.2) is 31.9 Å². The summed E-state index contributed by atoms with van der Waals surface area (Å²) < 4.78 is 39.5. The van der Waals surface area contributed by atoms with Crippen LogP contribution in [0.1, 0.15) is 0 Å². The van der Waals surface area contributed by atoms with Gasteiger partial charge in [-0.25, -0.2) is 13.0 Å². The Hall–Kier alpha value is -2.29. The molecule has 1 aliphatic heterocycles. The number of anilines is 1. The molecule has 0 radical (unpaired) electrons. The topological polar surface area (TPSA) is 118 Å². The third-order valence-electron chi connectivity index (χ3n) is 2.56. The zero-order chi connectivity index (χ0) is 13.5. The van der Waals surface area contributed by atoms with Gasteiger partial charge in [0.15, 0.2) is 11.5 Å². The summed E-state index contributed by atoms with van der Waals surface area (Å²) in [6, 6.07) is 4.26. The van der Waals surface area contributed by atoms with Gasteiger partial charge in [0, 0.05) is 6.07 Å². The smallest absolute Gasteiger partial charge is 0.247 e. The van der Waals surface area contributed by atoms with Crippen molar-refractivity contribution in [2.45, 2.75) is 9.92 Å². The van der Waals surface area contributed by atoms with Crippen LogP contribution in [0.3, 0.4) is 0 Å². The Bertz CT molecular complexity index is 725. The molecule has 0 unspecified atom stereocenters. The summed E-state index contributed by atoms with van der Waals surface area (Å²) in [7, 11) is -3.89. The number of sulfone groups is 1. The summed E-state index contributed by atoms with van der Waals surface area (Å²) in [5.41, 5.74) is 5.40. The van der Waals surface area contributed by atoms with Gasteiger partial charge < -0.3 is 15.2 Å². The van der Waals surface area contributed by atoms with Gasteiger partial charge >= 0.3 is 0 Å². The summed E-state index contributed by atoms with van der Waals surface area (Å²) in [4.78, 5) is -0.0147. The highest BCUT2D eigenvalue weighted by Gasteiger charge is 2.27. The third kappa shape index (κ3) is 1.87. The van der Waals surface area contributed by atoms with Gasteiger partial charge in [-0.15, -0.1) is 0 Å². The van der Waals surface area contributed by atoms with Crippen LogP contribution in [0, 0.1) is 0 Å². The molecule has 0 saturated heterocycles. The van der Waals surface area contributed by atoms with Crippen LogP contribution in [0.2, 0.25) is 0 Å². The quantitative estimate of drug-likeness (QED) is 0.833. The molecule has 0 aliphatic carbocycles. The van der Waals surface area contributed by atoms with Crippen molar-refractivity contribution in [3.05, 3.63) is 18.2 Å². The van der Waals surface area contributed by atoms with E-state index in [1.165, 1.54) is 18.2 Å². The first-order valence-corrected chi connectivity index (χ1v) is 6.80. The number of hydrogen-bond donors (Lipinski definition) is 1. The summed E-state index contributed by atoms with van der Waals surface area (Å²) in [6.07, 6.45) is 0. The van der Waals surface area contributed by atoms with Crippen LogP contribution in [0.25, 0.3) is 0 Å². The van der Waals surface area contributed by atoms with Gasteiger partial charge in [-0.2, -0.15) is 0 Å². The van der Waals surface area contributed by atoms with Gasteiger partial charge in [-0.05, 0) is 22.4 Å². The lowest BCUT2D eigenvalue weighted by Crippen LogP contribution is -2.16. The van der Waals surface area contributed by atoms with E-state index < -0.39 is 14.9 Å². The maximum absolute atomic E-state index is 12.3. The number of nitrogens with two attached hydrogens (primary N) is 1. The van der Waals surface area contributed by atoms with Crippen LogP contribution in [0.5, 0.6) is 11.5 Å². The zero-order valence-electron chi connectivity index (χ0n) is 9.57. The maximum atomic E-state index is 12.3. The summed E-state index contributed by atoms with van der Waals surface area (Å²) in [5.74, 6) is 0.577. The highest BCUT2D eigenvalue weighted by atomic mass is 32.2. The fourth-order valence-corrected chi connectivity index (χ4v) is 2.85. The lowest BCUT2D eigenvalue weighted by atomic mass is 10.3. The summed E-state index contributed by atoms with van der Waals surface area (Å²) in [6.45, 7) is 0.795. The molecule has 0 spiro atoms. The minimum Gasteiger partial charge on any atom is -0.486 e. The number of ether oxygens (including phenoxy) is 2. The highest BCUT2D eigenvalue weighted by Crippen LogP contribution is 2.34. The molecule has 2 N–H and O–H groups in total. The van der Waals surface area contributed by atoms with Crippen molar-refractivity contribution in [3.8, 4) is 11.5 Å². The van der Waals surface area contributed by atoms with E-state index in [4.69, 9.17) is 15.2 Å². The molecule has 0 bridgehead atoms. The van der Waals surface area contributed by atoms with Gasteiger partial charge in [-0.1, -0.05) is 0 Å². The van der Waals surface area contributed by atoms with E-state index in [1.54, 1.807) is 0 Å². The second-order valence-electron chi connectivity index (χ2n) is 3.76. The standard InChI is InChI=1S/C10H9N3O5S/c11-9-10(13-18-12-9)19(14,15)6-1-2-7-8(5-6)17-4-3-16-7/h1-2,5H,3-4H2,(H2,11,12). The van der Waals surface area contributed by atoms with E-state index in [9.17, 15) is 8.42 Å². The van der Waals surface area contributed by atoms with Crippen LogP contribution < -0.4 is 15.2 Å². The van der Waals surface area contributed by atoms with Crippen molar-refractivity contribution in [1.29, 1.82) is 0 Å². The number of nitrogens with zero attached hydrogens (tertiary/aromatic N) is 2. The first-order chi connectivity index (χ1) is 9.09. The average molecular weight is 283 g/mol. The molecule has 100 valence electrons. The molecule has 0 atom stereocenters. The fraction of sp³-hybridized carbons (Fsp3) is 0.200. The van der Waals surface area contributed by atoms with Gasteiger partial charge in [0.1, 0.15) is 13.2 Å². The van der Waals surface area contributed by atoms with Gasteiger partial charge in [-0.3, -0.25) is 0 Å². The minimum absolute atomic E-state index is 0.0147. The molecule has 2 heterocycles. The molecule has 3 rings (SSSR count). The van der Waals surface area contributed by atoms with E-state index in [0.717, 1.165) is 0 Å². The molecule has 8 nitrogen and oxygen atoms in total. The molecule has 9 heteroatoms. The molecule has 1 aromatic heterocycles. The summed E-state index contributed by atoms with van der Waals surface area (Å²) in [5, 5.41) is 6.14. The van der Waals surface area contributed by atoms with Crippen LogP contribution in [0.4, 0.5) is 5.82 Å². The number of rotatable bonds is 2. The van der Waals surface area contributed by atoms with Crippen LogP contribution in [-0.2, 0) is 9.84 Å². The molecular weight excluding hydrogens is 274 g/mol. The van der Waals surface area contributed by atoms with Gasteiger partial charge in [0.2, 0.25) is 20.7 Å². The number of nitrogen functional groups attached to an aromatic ring is 1. The van der Waals surface area contributed by atoms with Crippen molar-refractivity contribution >= 4 is 15.7 Å². The molecule has 0 amide bonds. The lowest BCUT2D eigenvalue weighted by molar-refractivity contribution is 0.171. The second kappa shape index (κ2) is 4.12. The van der Waals surface area contributed by atoms with Crippen LogP contribution >= 0.6 is 0 Å². The van der Waals surface area contributed by atoms with E-state index in [1.807, 2.05) is 0 Å². The molecule has 1 aromatic carbocycles. The van der Waals surface area contributed by atoms with Crippen molar-refractivity contribution in [1.82, 2.24) is 10.3 Å². The Kier molecular flexibility index (Phi) is 2.56. The maximum Gasteiger partial charge on any atom is 0.247 e. The normalized spacial score (nSPS) is 14.3. The molecule has 0 saturated carbocycles. The van der Waals surface area contributed by atoms with E-state index >= 15 is 0 Å². The highest BCUT2D eigenvalue weighted by molar-refractivity contribution is 7.91. The van der Waals surface area contributed by atoms with Crippen LogP contribution in [0.15, 0.2) is 32.7 Å². The van der Waals surface area contributed by atoms with E-state index in [-0.39, 0.29) is 10.7 Å². The Morgan fingerprint density at radius 1 is 1.11 bits per heavy atom. The predicted octanol–water partition coefficient (Wildman–Crippen LogP) is 0.256. The number of benzene rings is 1. The first kappa shape index (κ1) is 11.8. The number of fused-ring (bicyclic) bond motifs is 1. The molecule has 2 aromatic rings. The zero-order valence-corrected chi connectivity index (χ0v) is 10.4. The van der Waals surface area contributed by atoms with Crippen molar-refractivity contribution in [2.75, 3.05) is 18.9 Å². The number of hydrogen-bond acceptors (Lipinski definition) is 8. The van der Waals surface area contributed by atoms with Crippen molar-refractivity contribution < 1.29 is 22.5 Å². The Morgan fingerprint density at radius 2 is 1.84 bits per heavy atom. The number of aromatic nitrogens is 2. The van der Waals surface area contributed by atoms with Gasteiger partial charge in [0.05, 0.1) is 4.90 Å². The molecular formula is C10H9N3O5S. The SMILES string of the molecule is Nc1nonc1S(=O)(=O)c1ccc2c(c1)OCCO2. The van der Waals surface area contributed by atoms with Crippen molar-refractivity contribution in [2.24, 2.45) is 0 Å². The van der Waals surface area contributed by atoms with E-state index in [2.05, 4.69) is 14.9 Å². The predicted molar refractivity (Wildman–Crippen MR) is 61.6 cm³/mol. The first-order valence-electron chi connectivity index (χ1n) is 5.32.